The van der Waals surface area contributed by atoms with E-state index in [1.807, 2.05) is 31.2 Å². The van der Waals surface area contributed by atoms with Crippen LogP contribution in [0.4, 0.5) is 8.78 Å². The molecule has 1 aliphatic rings. The van der Waals surface area contributed by atoms with Crippen LogP contribution in [0.5, 0.6) is 0 Å². The number of halogens is 3. The number of aryl methyl sites for hydroxylation is 1. The molecule has 1 saturated heterocycles. The first-order valence-electron chi connectivity index (χ1n) is 5.25. The van der Waals surface area contributed by atoms with Crippen molar-refractivity contribution in [3.8, 4) is 0 Å². The molecule has 1 fully saturated rings. The lowest BCUT2D eigenvalue weighted by atomic mass is 9.92. The Bertz CT molecular complexity index is 355. The maximum Gasteiger partial charge on any atom is 0.251 e. The van der Waals surface area contributed by atoms with Gasteiger partial charge in [0.1, 0.15) is 0 Å². The minimum absolute atomic E-state index is 0. The van der Waals surface area contributed by atoms with Gasteiger partial charge in [0.05, 0.1) is 0 Å². The average Bonchev–Trinajstić information content (AvgIpc) is 2.17. The zero-order chi connectivity index (χ0) is 10.9. The second-order valence-electron chi connectivity index (χ2n) is 4.17. The van der Waals surface area contributed by atoms with Crippen molar-refractivity contribution in [2.45, 2.75) is 31.7 Å². The quantitative estimate of drug-likeness (QED) is 0.801. The Labute approximate surface area is 101 Å². The Morgan fingerprint density at radius 2 is 2.00 bits per heavy atom. The molecule has 4 heteroatoms. The Balaban J connectivity index is 0.00000128. The molecule has 0 saturated carbocycles. The first-order chi connectivity index (χ1) is 7.08. The predicted molar refractivity (Wildman–Crippen MR) is 63.4 cm³/mol. The smallest absolute Gasteiger partial charge is 0.251 e. The molecule has 1 aromatic rings. The number of hydrogen-bond acceptors (Lipinski definition) is 1. The fourth-order valence-electron chi connectivity index (χ4n) is 2.10. The molecule has 1 nitrogen and oxygen atoms in total. The fourth-order valence-corrected chi connectivity index (χ4v) is 2.10. The van der Waals surface area contributed by atoms with Crippen LogP contribution in [0.3, 0.4) is 0 Å². The molecule has 1 heterocycles. The summed E-state index contributed by atoms with van der Waals surface area (Å²) in [5.74, 6) is -2.52. The van der Waals surface area contributed by atoms with Gasteiger partial charge in [-0.2, -0.15) is 0 Å². The molecule has 0 aliphatic carbocycles. The molecule has 0 spiro atoms. The summed E-state index contributed by atoms with van der Waals surface area (Å²) in [6.45, 7) is 2.36. The fraction of sp³-hybridized carbons (Fsp3) is 0.500. The topological polar surface area (TPSA) is 12.0 Å². The molecule has 0 radical (unpaired) electrons. The summed E-state index contributed by atoms with van der Waals surface area (Å²) < 4.78 is 26.5. The van der Waals surface area contributed by atoms with Crippen LogP contribution in [-0.2, 0) is 0 Å². The molecule has 1 aliphatic heterocycles. The Kier molecular flexibility index (Phi) is 4.28. The van der Waals surface area contributed by atoms with Crippen LogP contribution < -0.4 is 5.32 Å². The molecule has 1 N–H and O–H groups in total. The van der Waals surface area contributed by atoms with Gasteiger partial charge in [0, 0.05) is 25.4 Å². The molecule has 0 amide bonds. The molecule has 0 bridgehead atoms. The van der Waals surface area contributed by atoms with Gasteiger partial charge in [0.2, 0.25) is 0 Å². The highest BCUT2D eigenvalue weighted by Gasteiger charge is 2.36. The monoisotopic (exact) mass is 247 g/mol. The van der Waals surface area contributed by atoms with Gasteiger partial charge in [-0.05, 0) is 18.1 Å². The highest BCUT2D eigenvalue weighted by atomic mass is 35.5. The minimum Gasteiger partial charge on any atom is -0.309 e. The lowest BCUT2D eigenvalue weighted by Gasteiger charge is -2.31. The van der Waals surface area contributed by atoms with Crippen LogP contribution in [0, 0.1) is 6.92 Å². The van der Waals surface area contributed by atoms with Crippen molar-refractivity contribution in [1.29, 1.82) is 0 Å². The van der Waals surface area contributed by atoms with Gasteiger partial charge >= 0.3 is 0 Å². The summed E-state index contributed by atoms with van der Waals surface area (Å²) in [7, 11) is 0. The largest absolute Gasteiger partial charge is 0.309 e. The van der Waals surface area contributed by atoms with Crippen molar-refractivity contribution in [2.24, 2.45) is 0 Å². The van der Waals surface area contributed by atoms with E-state index in [9.17, 15) is 8.78 Å². The van der Waals surface area contributed by atoms with E-state index in [-0.39, 0.29) is 31.3 Å². The van der Waals surface area contributed by atoms with Crippen LogP contribution in [0.1, 0.15) is 30.0 Å². The van der Waals surface area contributed by atoms with E-state index in [0.717, 1.165) is 11.1 Å². The van der Waals surface area contributed by atoms with Gasteiger partial charge in [-0.1, -0.05) is 24.3 Å². The van der Waals surface area contributed by atoms with E-state index in [4.69, 9.17) is 0 Å². The lowest BCUT2D eigenvalue weighted by Crippen LogP contribution is -2.38. The first kappa shape index (κ1) is 13.4. The zero-order valence-corrected chi connectivity index (χ0v) is 9.99. The molecular weight excluding hydrogens is 232 g/mol. The molecule has 16 heavy (non-hydrogen) atoms. The van der Waals surface area contributed by atoms with E-state index in [1.54, 1.807) is 0 Å². The molecular formula is C12H16ClF2N. The summed E-state index contributed by atoms with van der Waals surface area (Å²) in [4.78, 5) is 0. The highest BCUT2D eigenvalue weighted by Crippen LogP contribution is 2.35. The van der Waals surface area contributed by atoms with Crippen molar-refractivity contribution in [1.82, 2.24) is 5.32 Å². The van der Waals surface area contributed by atoms with Gasteiger partial charge in [-0.15, -0.1) is 12.4 Å². The number of piperidine rings is 1. The Hall–Kier alpha value is -0.670. The summed E-state index contributed by atoms with van der Waals surface area (Å²) in [6, 6.07) is 7.52. The molecule has 2 rings (SSSR count). The van der Waals surface area contributed by atoms with Crippen LogP contribution in [-0.4, -0.2) is 12.5 Å². The second-order valence-corrected chi connectivity index (χ2v) is 4.17. The van der Waals surface area contributed by atoms with Crippen LogP contribution >= 0.6 is 12.4 Å². The summed E-state index contributed by atoms with van der Waals surface area (Å²) >= 11 is 0. The van der Waals surface area contributed by atoms with E-state index in [0.29, 0.717) is 6.54 Å². The molecule has 1 aromatic carbocycles. The van der Waals surface area contributed by atoms with Crippen molar-refractivity contribution in [3.05, 3.63) is 35.4 Å². The van der Waals surface area contributed by atoms with E-state index < -0.39 is 5.92 Å². The third-order valence-electron chi connectivity index (χ3n) is 2.95. The average molecular weight is 248 g/mol. The van der Waals surface area contributed by atoms with Crippen molar-refractivity contribution >= 4 is 12.4 Å². The summed E-state index contributed by atoms with van der Waals surface area (Å²) in [6.07, 6.45) is -0.132. The van der Waals surface area contributed by atoms with Crippen molar-refractivity contribution in [2.75, 3.05) is 6.54 Å². The summed E-state index contributed by atoms with van der Waals surface area (Å²) in [5.41, 5.74) is 2.07. The van der Waals surface area contributed by atoms with Gasteiger partial charge in [-0.25, -0.2) is 8.78 Å². The maximum atomic E-state index is 13.2. The van der Waals surface area contributed by atoms with Crippen LogP contribution in [0.2, 0.25) is 0 Å². The number of benzene rings is 1. The van der Waals surface area contributed by atoms with Gasteiger partial charge < -0.3 is 5.32 Å². The number of nitrogens with one attached hydrogen (secondary N) is 1. The zero-order valence-electron chi connectivity index (χ0n) is 9.17. The van der Waals surface area contributed by atoms with Crippen molar-refractivity contribution < 1.29 is 8.78 Å². The Morgan fingerprint density at radius 1 is 1.31 bits per heavy atom. The number of hydrogen-bond donors (Lipinski definition) is 1. The highest BCUT2D eigenvalue weighted by molar-refractivity contribution is 5.85. The number of alkyl halides is 2. The van der Waals surface area contributed by atoms with Gasteiger partial charge in [0.15, 0.2) is 0 Å². The van der Waals surface area contributed by atoms with Crippen molar-refractivity contribution in [3.63, 3.8) is 0 Å². The molecule has 0 aromatic heterocycles. The van der Waals surface area contributed by atoms with E-state index >= 15 is 0 Å². The minimum atomic E-state index is -2.52. The normalized spacial score (nSPS) is 23.6. The third kappa shape index (κ3) is 2.92. The Morgan fingerprint density at radius 3 is 2.62 bits per heavy atom. The maximum absolute atomic E-state index is 13.2. The van der Waals surface area contributed by atoms with Crippen LogP contribution in [0.25, 0.3) is 0 Å². The molecule has 1 atom stereocenters. The molecule has 1 unspecified atom stereocenters. The van der Waals surface area contributed by atoms with Gasteiger partial charge in [-0.3, -0.25) is 0 Å². The van der Waals surface area contributed by atoms with E-state index in [2.05, 4.69) is 5.32 Å². The standard InChI is InChI=1S/C12H15F2N.ClH/c1-9-4-2-3-5-10(9)11-8-12(13,14)6-7-15-11;/h2-5,11,15H,6-8H2,1H3;1H. The predicted octanol–water partition coefficient (Wildman–Crippen LogP) is 3.48. The van der Waals surface area contributed by atoms with Crippen LogP contribution in [0.15, 0.2) is 24.3 Å². The molecule has 90 valence electrons. The summed E-state index contributed by atoms with van der Waals surface area (Å²) in [5, 5.41) is 3.15. The SMILES string of the molecule is Cc1ccccc1C1CC(F)(F)CCN1.Cl. The number of rotatable bonds is 1. The lowest BCUT2D eigenvalue weighted by molar-refractivity contribution is -0.0415. The third-order valence-corrected chi connectivity index (χ3v) is 2.95. The van der Waals surface area contributed by atoms with Gasteiger partial charge in [0.25, 0.3) is 5.92 Å². The first-order valence-corrected chi connectivity index (χ1v) is 5.25. The van der Waals surface area contributed by atoms with E-state index in [1.165, 1.54) is 0 Å². The second kappa shape index (κ2) is 5.11.